The summed E-state index contributed by atoms with van der Waals surface area (Å²) >= 11 is 20.2. The molecule has 0 bridgehead atoms. The predicted octanol–water partition coefficient (Wildman–Crippen LogP) is 6.09. The van der Waals surface area contributed by atoms with E-state index in [0.717, 1.165) is 34.3 Å². The fraction of sp³-hybridized carbons (Fsp3) is 0.208. The molecule has 0 aliphatic rings. The Kier molecular flexibility index (Phi) is 9.12. The molecule has 35 heavy (non-hydrogen) atoms. The Morgan fingerprint density at radius 2 is 1.74 bits per heavy atom. The van der Waals surface area contributed by atoms with Gasteiger partial charge < -0.3 is 14.8 Å². The lowest BCUT2D eigenvalue weighted by Gasteiger charge is -2.15. The Labute approximate surface area is 222 Å². The van der Waals surface area contributed by atoms with Gasteiger partial charge in [-0.1, -0.05) is 70.8 Å². The maximum absolute atomic E-state index is 6.51. The van der Waals surface area contributed by atoms with Crippen LogP contribution in [0, 0.1) is 0 Å². The Hall–Kier alpha value is -2.49. The van der Waals surface area contributed by atoms with Crippen molar-refractivity contribution < 1.29 is 9.47 Å². The molecule has 4 rings (SSSR count). The average Bonchev–Trinajstić information content (AvgIpc) is 3.34. The third kappa shape index (κ3) is 6.80. The van der Waals surface area contributed by atoms with Crippen LogP contribution in [0.2, 0.25) is 15.1 Å². The highest BCUT2D eigenvalue weighted by Crippen LogP contribution is 2.37. The molecule has 0 fully saturated rings. The largest absolute Gasteiger partial charge is 0.493 e. The van der Waals surface area contributed by atoms with Crippen LogP contribution in [0.1, 0.15) is 11.1 Å². The Balaban J connectivity index is 1.29. The summed E-state index contributed by atoms with van der Waals surface area (Å²) in [4.78, 5) is 0. The molecule has 1 aromatic heterocycles. The number of thioether (sulfide) groups is 1. The zero-order valence-electron chi connectivity index (χ0n) is 18.7. The van der Waals surface area contributed by atoms with Crippen LogP contribution in [-0.2, 0) is 13.2 Å². The van der Waals surface area contributed by atoms with Gasteiger partial charge in [-0.3, -0.25) is 0 Å². The molecule has 0 spiro atoms. The SMILES string of the molecule is COc1cc(CNCCSc2nnnn2-c2ccccc2)cc(Cl)c1OCc1ccc(Cl)c(Cl)c1. The topological polar surface area (TPSA) is 74.1 Å². The molecule has 0 saturated carbocycles. The van der Waals surface area contributed by atoms with E-state index in [-0.39, 0.29) is 6.61 Å². The Morgan fingerprint density at radius 3 is 2.51 bits per heavy atom. The first-order valence-corrected chi connectivity index (χ1v) is 12.8. The third-order valence-electron chi connectivity index (χ3n) is 4.94. The van der Waals surface area contributed by atoms with Gasteiger partial charge in [-0.2, -0.15) is 4.68 Å². The second-order valence-electron chi connectivity index (χ2n) is 7.38. The highest BCUT2D eigenvalue weighted by atomic mass is 35.5. The third-order valence-corrected chi connectivity index (χ3v) is 6.88. The monoisotopic (exact) mass is 549 g/mol. The van der Waals surface area contributed by atoms with Gasteiger partial charge in [-0.05, 0) is 58.0 Å². The number of methoxy groups -OCH3 is 1. The molecule has 7 nitrogen and oxygen atoms in total. The van der Waals surface area contributed by atoms with E-state index in [9.17, 15) is 0 Å². The molecule has 0 aliphatic carbocycles. The van der Waals surface area contributed by atoms with Crippen LogP contribution in [-0.4, -0.2) is 39.6 Å². The summed E-state index contributed by atoms with van der Waals surface area (Å²) in [7, 11) is 1.59. The normalized spacial score (nSPS) is 11.0. The number of para-hydroxylation sites is 1. The summed E-state index contributed by atoms with van der Waals surface area (Å²) in [6.07, 6.45) is 0. The second-order valence-corrected chi connectivity index (χ2v) is 9.66. The number of hydrogen-bond donors (Lipinski definition) is 1. The number of halogens is 3. The van der Waals surface area contributed by atoms with Crippen LogP contribution in [0.4, 0.5) is 0 Å². The number of hydrogen-bond acceptors (Lipinski definition) is 7. The van der Waals surface area contributed by atoms with E-state index < -0.39 is 0 Å². The number of aromatic nitrogens is 4. The molecule has 0 aliphatic heterocycles. The maximum atomic E-state index is 6.51. The van der Waals surface area contributed by atoms with E-state index >= 15 is 0 Å². The number of tetrazole rings is 1. The molecular weight excluding hydrogens is 529 g/mol. The number of nitrogens with zero attached hydrogens (tertiary/aromatic N) is 4. The summed E-state index contributed by atoms with van der Waals surface area (Å²) in [5.41, 5.74) is 2.78. The Morgan fingerprint density at radius 1 is 0.943 bits per heavy atom. The summed E-state index contributed by atoms with van der Waals surface area (Å²) in [5, 5.41) is 17.6. The number of rotatable bonds is 11. The van der Waals surface area contributed by atoms with Gasteiger partial charge in [0, 0.05) is 18.8 Å². The van der Waals surface area contributed by atoms with E-state index in [1.54, 1.807) is 35.7 Å². The summed E-state index contributed by atoms with van der Waals surface area (Å²) in [6, 6.07) is 18.9. The van der Waals surface area contributed by atoms with E-state index in [4.69, 9.17) is 44.3 Å². The molecule has 1 N–H and O–H groups in total. The van der Waals surface area contributed by atoms with Gasteiger partial charge in [0.05, 0.1) is 27.9 Å². The fourth-order valence-corrected chi connectivity index (χ4v) is 4.64. The summed E-state index contributed by atoms with van der Waals surface area (Å²) in [5.74, 6) is 1.83. The first-order chi connectivity index (χ1) is 17.0. The van der Waals surface area contributed by atoms with Crippen molar-refractivity contribution in [3.63, 3.8) is 0 Å². The predicted molar refractivity (Wildman–Crippen MR) is 140 cm³/mol. The molecular formula is C24H22Cl3N5O2S. The van der Waals surface area contributed by atoms with Crippen LogP contribution >= 0.6 is 46.6 Å². The lowest BCUT2D eigenvalue weighted by Crippen LogP contribution is -2.17. The van der Waals surface area contributed by atoms with E-state index in [1.165, 1.54) is 0 Å². The highest BCUT2D eigenvalue weighted by Gasteiger charge is 2.13. The Bertz CT molecular complexity index is 1270. The minimum absolute atomic E-state index is 0.282. The van der Waals surface area contributed by atoms with Crippen molar-refractivity contribution in [1.82, 2.24) is 25.5 Å². The van der Waals surface area contributed by atoms with Crippen molar-refractivity contribution in [3.05, 3.63) is 86.9 Å². The van der Waals surface area contributed by atoms with Crippen molar-refractivity contribution in [1.29, 1.82) is 0 Å². The fourth-order valence-electron chi connectivity index (χ4n) is 3.25. The lowest BCUT2D eigenvalue weighted by atomic mass is 10.2. The first kappa shape index (κ1) is 25.6. The van der Waals surface area contributed by atoms with Crippen molar-refractivity contribution in [2.24, 2.45) is 0 Å². The molecule has 0 atom stereocenters. The second kappa shape index (κ2) is 12.5. The van der Waals surface area contributed by atoms with Gasteiger partial charge in [0.25, 0.3) is 0 Å². The highest BCUT2D eigenvalue weighted by molar-refractivity contribution is 7.99. The summed E-state index contributed by atoms with van der Waals surface area (Å²) < 4.78 is 13.2. The number of ether oxygens (including phenoxy) is 2. The molecule has 11 heteroatoms. The molecule has 182 valence electrons. The van der Waals surface area contributed by atoms with Crippen molar-refractivity contribution in [2.75, 3.05) is 19.4 Å². The number of benzene rings is 3. The van der Waals surface area contributed by atoms with Gasteiger partial charge >= 0.3 is 0 Å². The molecule has 3 aromatic carbocycles. The average molecular weight is 551 g/mol. The quantitative estimate of drug-likeness (QED) is 0.179. The number of nitrogens with one attached hydrogen (secondary N) is 1. The van der Waals surface area contributed by atoms with E-state index in [0.29, 0.717) is 33.1 Å². The molecule has 0 radical (unpaired) electrons. The minimum atomic E-state index is 0.282. The molecule has 4 aromatic rings. The maximum Gasteiger partial charge on any atom is 0.214 e. The van der Waals surface area contributed by atoms with Gasteiger partial charge in [0.2, 0.25) is 5.16 Å². The zero-order valence-corrected chi connectivity index (χ0v) is 21.8. The van der Waals surface area contributed by atoms with Gasteiger partial charge in [0.15, 0.2) is 11.5 Å². The van der Waals surface area contributed by atoms with Gasteiger partial charge in [-0.25, -0.2) is 0 Å². The standard InChI is InChI=1S/C24H22Cl3N5O2S/c1-33-22-13-17(12-21(27)23(22)34-15-16-7-8-19(25)20(26)11-16)14-28-9-10-35-24-29-30-31-32(24)18-5-3-2-4-6-18/h2-8,11-13,28H,9-10,14-15H2,1H3. The first-order valence-electron chi connectivity index (χ1n) is 10.7. The van der Waals surface area contributed by atoms with Crippen LogP contribution in [0.15, 0.2) is 65.8 Å². The van der Waals surface area contributed by atoms with E-state index in [1.807, 2.05) is 48.5 Å². The smallest absolute Gasteiger partial charge is 0.214 e. The van der Waals surface area contributed by atoms with Crippen LogP contribution in [0.5, 0.6) is 11.5 Å². The van der Waals surface area contributed by atoms with Gasteiger partial charge in [0.1, 0.15) is 6.61 Å². The van der Waals surface area contributed by atoms with Crippen LogP contribution < -0.4 is 14.8 Å². The van der Waals surface area contributed by atoms with Gasteiger partial charge in [-0.15, -0.1) is 5.10 Å². The zero-order chi connectivity index (χ0) is 24.6. The minimum Gasteiger partial charge on any atom is -0.493 e. The van der Waals surface area contributed by atoms with Crippen molar-refractivity contribution >= 4 is 46.6 Å². The van der Waals surface area contributed by atoms with Crippen LogP contribution in [0.3, 0.4) is 0 Å². The van der Waals surface area contributed by atoms with Crippen molar-refractivity contribution in [3.8, 4) is 17.2 Å². The molecule has 0 saturated heterocycles. The summed E-state index contributed by atoms with van der Waals surface area (Å²) in [6.45, 7) is 1.65. The van der Waals surface area contributed by atoms with E-state index in [2.05, 4.69) is 20.8 Å². The lowest BCUT2D eigenvalue weighted by molar-refractivity contribution is 0.284. The van der Waals surface area contributed by atoms with Crippen molar-refractivity contribution in [2.45, 2.75) is 18.3 Å². The molecule has 1 heterocycles. The van der Waals surface area contributed by atoms with Crippen LogP contribution in [0.25, 0.3) is 5.69 Å². The molecule has 0 unspecified atom stereocenters. The molecule has 0 amide bonds.